The van der Waals surface area contributed by atoms with Gasteiger partial charge in [0.2, 0.25) is 0 Å². The number of benzene rings is 1. The number of rotatable bonds is 6. The smallest absolute Gasteiger partial charge is 0.410 e. The number of pyridine rings is 2. The van der Waals surface area contributed by atoms with Crippen LogP contribution in [0.2, 0.25) is 0 Å². The molecule has 10 nitrogen and oxygen atoms in total. The van der Waals surface area contributed by atoms with E-state index in [0.717, 1.165) is 63.0 Å². The lowest BCUT2D eigenvalue weighted by molar-refractivity contribution is 0.00565. The first kappa shape index (κ1) is 29.2. The maximum atomic E-state index is 12.9. The second-order valence-corrected chi connectivity index (χ2v) is 13.1. The van der Waals surface area contributed by atoms with Gasteiger partial charge in [-0.3, -0.25) is 9.58 Å². The van der Waals surface area contributed by atoms with Gasteiger partial charge in [0.1, 0.15) is 11.4 Å². The Labute approximate surface area is 252 Å². The van der Waals surface area contributed by atoms with E-state index >= 15 is 0 Å². The first-order chi connectivity index (χ1) is 20.4. The average molecular weight is 587 g/mol. The Balaban J connectivity index is 1.37. The van der Waals surface area contributed by atoms with Crippen LogP contribution in [0.5, 0.6) is 5.75 Å². The van der Waals surface area contributed by atoms with Crippen LogP contribution in [0.1, 0.15) is 64.5 Å². The van der Waals surface area contributed by atoms with Gasteiger partial charge in [-0.15, -0.1) is 0 Å². The minimum absolute atomic E-state index is 0.00569. The van der Waals surface area contributed by atoms with Crippen molar-refractivity contribution in [3.8, 4) is 17.0 Å². The number of fused-ring (bicyclic) bond motifs is 2. The zero-order valence-electron chi connectivity index (χ0n) is 26.5. The Kier molecular flexibility index (Phi) is 7.44. The van der Waals surface area contributed by atoms with Gasteiger partial charge < -0.3 is 19.1 Å². The van der Waals surface area contributed by atoms with Crippen LogP contribution in [0.3, 0.4) is 0 Å². The van der Waals surface area contributed by atoms with E-state index in [0.29, 0.717) is 19.0 Å². The third-order valence-electron chi connectivity index (χ3n) is 8.28. The minimum atomic E-state index is -0.528. The first-order valence-corrected chi connectivity index (χ1v) is 15.1. The van der Waals surface area contributed by atoms with Gasteiger partial charge in [-0.1, -0.05) is 0 Å². The maximum Gasteiger partial charge on any atom is 0.410 e. The Morgan fingerprint density at radius 3 is 2.47 bits per heavy atom. The summed E-state index contributed by atoms with van der Waals surface area (Å²) in [5.74, 6) is 1.21. The summed E-state index contributed by atoms with van der Waals surface area (Å²) in [4.78, 5) is 27.1. The number of hydrogen-bond donors (Lipinski definition) is 0. The number of carbonyl (C=O) groups excluding carboxylic acids is 1. The van der Waals surface area contributed by atoms with Crippen molar-refractivity contribution in [2.24, 2.45) is 7.05 Å². The zero-order valence-corrected chi connectivity index (χ0v) is 26.5. The molecule has 1 amide bonds. The van der Waals surface area contributed by atoms with E-state index in [1.165, 1.54) is 5.56 Å². The molecule has 0 spiro atoms. The van der Waals surface area contributed by atoms with Gasteiger partial charge in [-0.2, -0.15) is 5.10 Å². The second-order valence-electron chi connectivity index (χ2n) is 13.1. The van der Waals surface area contributed by atoms with Gasteiger partial charge in [0.15, 0.2) is 12.4 Å². The number of aromatic nitrogens is 4. The first-order valence-electron chi connectivity index (χ1n) is 15.1. The number of amides is 1. The predicted molar refractivity (Wildman–Crippen MR) is 168 cm³/mol. The van der Waals surface area contributed by atoms with Crippen LogP contribution in [0, 0.1) is 6.92 Å². The van der Waals surface area contributed by atoms with Crippen molar-refractivity contribution in [2.45, 2.75) is 78.0 Å². The molecule has 228 valence electrons. The lowest BCUT2D eigenvalue weighted by atomic mass is 9.98. The van der Waals surface area contributed by atoms with E-state index in [1.54, 1.807) is 7.11 Å². The maximum absolute atomic E-state index is 12.9. The molecule has 1 saturated heterocycles. The molecule has 2 aliphatic rings. The summed E-state index contributed by atoms with van der Waals surface area (Å²) in [6, 6.07) is 6.54. The number of nitrogens with zero attached hydrogens (tertiary/aromatic N) is 6. The highest BCUT2D eigenvalue weighted by atomic mass is 16.7. The van der Waals surface area contributed by atoms with E-state index in [2.05, 4.69) is 42.0 Å². The van der Waals surface area contributed by atoms with Crippen LogP contribution in [0.25, 0.3) is 33.2 Å². The summed E-state index contributed by atoms with van der Waals surface area (Å²) in [6.07, 6.45) is 5.98. The second kappa shape index (κ2) is 11.0. The molecule has 1 saturated carbocycles. The van der Waals surface area contributed by atoms with Gasteiger partial charge in [-0.05, 0) is 84.1 Å². The molecule has 1 aliphatic carbocycles. The minimum Gasteiger partial charge on any atom is -0.466 e. The fraction of sp³-hybridized carbons (Fsp3) is 0.515. The summed E-state index contributed by atoms with van der Waals surface area (Å²) in [5.41, 5.74) is 6.11. The molecule has 1 aliphatic heterocycles. The highest BCUT2D eigenvalue weighted by Gasteiger charge is 2.36. The summed E-state index contributed by atoms with van der Waals surface area (Å²) in [7, 11) is 3.54. The molecular weight excluding hydrogens is 544 g/mol. The highest BCUT2D eigenvalue weighted by Crippen LogP contribution is 2.46. The predicted octanol–water partition coefficient (Wildman–Crippen LogP) is 6.19. The molecule has 10 heteroatoms. The van der Waals surface area contributed by atoms with Gasteiger partial charge >= 0.3 is 6.09 Å². The van der Waals surface area contributed by atoms with E-state index in [-0.39, 0.29) is 25.0 Å². The number of hydrogen-bond acceptors (Lipinski definition) is 8. The van der Waals surface area contributed by atoms with Crippen molar-refractivity contribution in [1.82, 2.24) is 24.6 Å². The summed E-state index contributed by atoms with van der Waals surface area (Å²) in [5, 5.41) is 6.76. The molecule has 0 N–H and O–H groups in total. The summed E-state index contributed by atoms with van der Waals surface area (Å²) in [6.45, 7) is 13.4. The summed E-state index contributed by atoms with van der Waals surface area (Å²) < 4.78 is 18.9. The topological polar surface area (TPSA) is 94.8 Å². The van der Waals surface area contributed by atoms with Crippen LogP contribution in [0.4, 0.5) is 10.5 Å². The lowest BCUT2D eigenvalue weighted by Gasteiger charge is -2.45. The van der Waals surface area contributed by atoms with E-state index in [4.69, 9.17) is 24.2 Å². The van der Waals surface area contributed by atoms with Crippen molar-refractivity contribution in [3.63, 3.8) is 0 Å². The molecule has 2 atom stereocenters. The number of aryl methyl sites for hydroxylation is 2. The summed E-state index contributed by atoms with van der Waals surface area (Å²) >= 11 is 0. The van der Waals surface area contributed by atoms with Crippen molar-refractivity contribution >= 4 is 33.7 Å². The molecular formula is C33H42N6O4. The molecule has 4 aromatic rings. The number of ether oxygens (including phenoxy) is 3. The molecule has 0 unspecified atom stereocenters. The van der Waals surface area contributed by atoms with Crippen LogP contribution >= 0.6 is 0 Å². The van der Waals surface area contributed by atoms with Gasteiger partial charge in [0, 0.05) is 55.3 Å². The monoisotopic (exact) mass is 586 g/mol. The van der Waals surface area contributed by atoms with Crippen molar-refractivity contribution in [2.75, 3.05) is 31.9 Å². The average Bonchev–Trinajstić information content (AvgIpc) is 3.71. The van der Waals surface area contributed by atoms with E-state index in [1.807, 2.05) is 56.7 Å². The van der Waals surface area contributed by atoms with Gasteiger partial charge in [-0.25, -0.2) is 14.8 Å². The fourth-order valence-electron chi connectivity index (χ4n) is 6.30. The number of carbonyl (C=O) groups is 1. The Bertz CT molecular complexity index is 1680. The fourth-order valence-corrected chi connectivity index (χ4v) is 6.30. The molecule has 4 heterocycles. The van der Waals surface area contributed by atoms with Crippen LogP contribution in [-0.2, 0) is 16.5 Å². The molecule has 2 fully saturated rings. The Morgan fingerprint density at radius 1 is 1.09 bits per heavy atom. The number of anilines is 1. The largest absolute Gasteiger partial charge is 0.466 e. The molecule has 6 rings (SSSR count). The third-order valence-corrected chi connectivity index (χ3v) is 8.28. The molecule has 0 bridgehead atoms. The number of piperazine rings is 1. The van der Waals surface area contributed by atoms with Crippen molar-refractivity contribution in [3.05, 3.63) is 41.7 Å². The van der Waals surface area contributed by atoms with E-state index < -0.39 is 5.60 Å². The molecule has 0 radical (unpaired) electrons. The Morgan fingerprint density at radius 2 is 1.81 bits per heavy atom. The van der Waals surface area contributed by atoms with Crippen LogP contribution < -0.4 is 9.64 Å². The normalized spacial score (nSPS) is 19.3. The zero-order chi connectivity index (χ0) is 30.6. The number of methoxy groups -OCH3 is 1. The standard InChI is InChI=1S/C33H42N6O4/c1-19-15-38(16-20(2)39(19)32(40)43-33(4,5)6)24-12-26-25(22-9-10-22)13-28(35-31(26)34-14-24)27-11-23-17-37(7)36-29(23)21(3)30(27)42-18-41-8/h11-14,17,19-20,22H,9-10,15-16,18H2,1-8H3/t19-,20+. The van der Waals surface area contributed by atoms with Crippen molar-refractivity contribution < 1.29 is 19.0 Å². The Hall–Kier alpha value is -3.92. The molecule has 43 heavy (non-hydrogen) atoms. The lowest BCUT2D eigenvalue weighted by Crippen LogP contribution is -2.59. The van der Waals surface area contributed by atoms with Gasteiger partial charge in [0.25, 0.3) is 0 Å². The van der Waals surface area contributed by atoms with Crippen LogP contribution in [0.15, 0.2) is 30.6 Å². The van der Waals surface area contributed by atoms with Gasteiger partial charge in [0.05, 0.1) is 35.2 Å². The molecule has 3 aromatic heterocycles. The van der Waals surface area contributed by atoms with Crippen molar-refractivity contribution in [1.29, 1.82) is 0 Å². The van der Waals surface area contributed by atoms with E-state index in [9.17, 15) is 4.79 Å². The molecule has 1 aromatic carbocycles. The highest BCUT2D eigenvalue weighted by molar-refractivity contribution is 5.93. The SMILES string of the molecule is COCOc1c(-c2cc(C3CC3)c3cc(N4C[C@@H](C)N(C(=O)OC(C)(C)C)[C@@H](C)C4)cnc3n2)cc2cn(C)nc2c1C. The van der Waals surface area contributed by atoms with Crippen LogP contribution in [-0.4, -0.2) is 75.4 Å². The quantitative estimate of drug-likeness (QED) is 0.247. The third kappa shape index (κ3) is 5.72.